The first kappa shape index (κ1) is 12.5. The predicted molar refractivity (Wildman–Crippen MR) is 84.5 cm³/mol. The van der Waals surface area contributed by atoms with E-state index in [0.29, 0.717) is 22.4 Å². The minimum Gasteiger partial charge on any atom is -0.394 e. The fourth-order valence-electron chi connectivity index (χ4n) is 2.32. The number of benzene rings is 1. The van der Waals surface area contributed by atoms with Crippen LogP contribution in [0.25, 0.3) is 16.9 Å². The molecule has 6 heteroatoms. The van der Waals surface area contributed by atoms with Crippen LogP contribution in [0.5, 0.6) is 0 Å². The molecule has 1 saturated carbocycles. The van der Waals surface area contributed by atoms with Crippen LogP contribution in [0.1, 0.15) is 12.8 Å². The number of fused-ring (bicyclic) bond motifs is 1. The molecule has 5 nitrogen and oxygen atoms in total. The number of hydrogen-bond donors (Lipinski definition) is 2. The lowest BCUT2D eigenvalue weighted by atomic mass is 10.1. The molecular weight excluding hydrogens is 286 g/mol. The number of anilines is 2. The summed E-state index contributed by atoms with van der Waals surface area (Å²) in [6.07, 6.45) is 4.00. The van der Waals surface area contributed by atoms with Crippen molar-refractivity contribution in [2.24, 2.45) is 0 Å². The zero-order valence-electron chi connectivity index (χ0n) is 11.3. The number of nitrogens with one attached hydrogen (secondary N) is 1. The lowest BCUT2D eigenvalue weighted by molar-refractivity contribution is 0.926. The number of aromatic nitrogens is 3. The van der Waals surface area contributed by atoms with Gasteiger partial charge >= 0.3 is 0 Å². The first-order valence-corrected chi connectivity index (χ1v) is 7.25. The molecule has 0 aliphatic heterocycles. The highest BCUT2D eigenvalue weighted by atomic mass is 35.5. The topological polar surface area (TPSA) is 68.2 Å². The molecule has 106 valence electrons. The second-order valence-electron chi connectivity index (χ2n) is 5.29. The summed E-state index contributed by atoms with van der Waals surface area (Å²) in [4.78, 5) is 4.61. The van der Waals surface area contributed by atoms with E-state index in [-0.39, 0.29) is 0 Å². The van der Waals surface area contributed by atoms with E-state index in [1.807, 2.05) is 30.3 Å². The average Bonchev–Trinajstić information content (AvgIpc) is 3.21. The van der Waals surface area contributed by atoms with Gasteiger partial charge in [0.15, 0.2) is 5.65 Å². The van der Waals surface area contributed by atoms with Crippen LogP contribution in [-0.4, -0.2) is 20.6 Å². The van der Waals surface area contributed by atoms with Gasteiger partial charge in [0.05, 0.1) is 17.6 Å². The molecule has 21 heavy (non-hydrogen) atoms. The molecule has 0 atom stereocenters. The standard InChI is InChI=1S/C15H14ClN5/c16-10-3-1-2-9(6-10)13-7-14(19-11-4-5-11)21-15(20-13)12(17)8-18-21/h1-3,6-8,11,19H,4-5,17H2. The smallest absolute Gasteiger partial charge is 0.181 e. The molecule has 4 rings (SSSR count). The second kappa shape index (κ2) is 4.63. The molecule has 3 aromatic rings. The largest absolute Gasteiger partial charge is 0.394 e. The Balaban J connectivity index is 1.90. The third-order valence-electron chi connectivity index (χ3n) is 3.55. The zero-order valence-corrected chi connectivity index (χ0v) is 12.0. The van der Waals surface area contributed by atoms with E-state index in [2.05, 4.69) is 15.4 Å². The van der Waals surface area contributed by atoms with Crippen LogP contribution in [0.15, 0.2) is 36.5 Å². The highest BCUT2D eigenvalue weighted by Crippen LogP contribution is 2.29. The molecule has 3 N–H and O–H groups in total. The van der Waals surface area contributed by atoms with Crippen molar-refractivity contribution in [3.8, 4) is 11.3 Å². The van der Waals surface area contributed by atoms with Gasteiger partial charge in [-0.2, -0.15) is 9.61 Å². The zero-order chi connectivity index (χ0) is 14.4. The molecule has 0 saturated heterocycles. The van der Waals surface area contributed by atoms with E-state index in [9.17, 15) is 0 Å². The third kappa shape index (κ3) is 2.29. The van der Waals surface area contributed by atoms with E-state index < -0.39 is 0 Å². The lowest BCUT2D eigenvalue weighted by Crippen LogP contribution is -2.08. The minimum atomic E-state index is 0.522. The van der Waals surface area contributed by atoms with E-state index in [4.69, 9.17) is 17.3 Å². The van der Waals surface area contributed by atoms with E-state index >= 15 is 0 Å². The molecule has 0 radical (unpaired) electrons. The maximum atomic E-state index is 6.07. The van der Waals surface area contributed by atoms with Crippen molar-refractivity contribution < 1.29 is 0 Å². The van der Waals surface area contributed by atoms with Crippen molar-refractivity contribution in [3.63, 3.8) is 0 Å². The molecule has 0 unspecified atom stereocenters. The van der Waals surface area contributed by atoms with Crippen LogP contribution in [0.3, 0.4) is 0 Å². The van der Waals surface area contributed by atoms with Crippen LogP contribution in [0.4, 0.5) is 11.5 Å². The van der Waals surface area contributed by atoms with Gasteiger partial charge in [-0.25, -0.2) is 4.98 Å². The SMILES string of the molecule is Nc1cnn2c(NC3CC3)cc(-c3cccc(Cl)c3)nc12. The van der Waals surface area contributed by atoms with Crippen LogP contribution in [-0.2, 0) is 0 Å². The summed E-state index contributed by atoms with van der Waals surface area (Å²) in [5.41, 5.74) is 8.99. The number of nitrogens with two attached hydrogens (primary N) is 1. The minimum absolute atomic E-state index is 0.522. The van der Waals surface area contributed by atoms with Crippen molar-refractivity contribution in [1.29, 1.82) is 0 Å². The van der Waals surface area contributed by atoms with Gasteiger partial charge in [0.1, 0.15) is 5.82 Å². The Labute approximate surface area is 126 Å². The van der Waals surface area contributed by atoms with Crippen molar-refractivity contribution >= 4 is 28.8 Å². The molecule has 1 aliphatic rings. The summed E-state index contributed by atoms with van der Waals surface area (Å²) in [6, 6.07) is 10.2. The lowest BCUT2D eigenvalue weighted by Gasteiger charge is -2.10. The number of nitrogen functional groups attached to an aromatic ring is 1. The highest BCUT2D eigenvalue weighted by Gasteiger charge is 2.23. The van der Waals surface area contributed by atoms with Gasteiger partial charge in [0, 0.05) is 22.7 Å². The number of rotatable bonds is 3. The fraction of sp³-hybridized carbons (Fsp3) is 0.200. The van der Waals surface area contributed by atoms with E-state index in [1.54, 1.807) is 10.7 Å². The molecular formula is C15H14ClN5. The van der Waals surface area contributed by atoms with Crippen LogP contribution in [0.2, 0.25) is 5.02 Å². The van der Waals surface area contributed by atoms with Crippen molar-refractivity contribution in [2.75, 3.05) is 11.1 Å². The first-order chi connectivity index (χ1) is 10.2. The Bertz CT molecular complexity index is 822. The molecule has 1 aromatic carbocycles. The van der Waals surface area contributed by atoms with E-state index in [0.717, 1.165) is 17.1 Å². The third-order valence-corrected chi connectivity index (χ3v) is 3.78. The summed E-state index contributed by atoms with van der Waals surface area (Å²) in [5, 5.41) is 8.45. The van der Waals surface area contributed by atoms with Gasteiger partial charge < -0.3 is 11.1 Å². The number of nitrogens with zero attached hydrogens (tertiary/aromatic N) is 3. The Hall–Kier alpha value is -2.27. The second-order valence-corrected chi connectivity index (χ2v) is 5.73. The Morgan fingerprint density at radius 3 is 2.90 bits per heavy atom. The summed E-state index contributed by atoms with van der Waals surface area (Å²) in [5.74, 6) is 0.911. The highest BCUT2D eigenvalue weighted by molar-refractivity contribution is 6.30. The average molecular weight is 300 g/mol. The van der Waals surface area contributed by atoms with Crippen LogP contribution >= 0.6 is 11.6 Å². The first-order valence-electron chi connectivity index (χ1n) is 6.87. The Morgan fingerprint density at radius 1 is 1.29 bits per heavy atom. The predicted octanol–water partition coefficient (Wildman–Crippen LogP) is 3.21. The molecule has 1 fully saturated rings. The summed E-state index contributed by atoms with van der Waals surface area (Å²) in [6.45, 7) is 0. The molecule has 2 heterocycles. The summed E-state index contributed by atoms with van der Waals surface area (Å²) < 4.78 is 1.75. The molecule has 2 aromatic heterocycles. The van der Waals surface area contributed by atoms with E-state index in [1.165, 1.54) is 12.8 Å². The van der Waals surface area contributed by atoms with Crippen LogP contribution in [0, 0.1) is 0 Å². The van der Waals surface area contributed by atoms with Gasteiger partial charge in [-0.15, -0.1) is 0 Å². The molecule has 0 bridgehead atoms. The number of halogens is 1. The van der Waals surface area contributed by atoms with Gasteiger partial charge in [0.25, 0.3) is 0 Å². The Morgan fingerprint density at radius 2 is 2.14 bits per heavy atom. The summed E-state index contributed by atoms with van der Waals surface area (Å²) >= 11 is 6.07. The molecule has 0 amide bonds. The van der Waals surface area contributed by atoms with Crippen molar-refractivity contribution in [1.82, 2.24) is 14.6 Å². The number of hydrogen-bond acceptors (Lipinski definition) is 4. The fourth-order valence-corrected chi connectivity index (χ4v) is 2.51. The maximum absolute atomic E-state index is 6.07. The van der Waals surface area contributed by atoms with Gasteiger partial charge in [-0.3, -0.25) is 0 Å². The molecule has 1 aliphatic carbocycles. The maximum Gasteiger partial charge on any atom is 0.181 e. The molecule has 0 spiro atoms. The quantitative estimate of drug-likeness (QED) is 0.779. The normalized spacial score (nSPS) is 14.5. The van der Waals surface area contributed by atoms with Crippen molar-refractivity contribution in [3.05, 3.63) is 41.6 Å². The van der Waals surface area contributed by atoms with Crippen molar-refractivity contribution in [2.45, 2.75) is 18.9 Å². The van der Waals surface area contributed by atoms with Gasteiger partial charge in [-0.1, -0.05) is 23.7 Å². The van der Waals surface area contributed by atoms with Gasteiger partial charge in [0.2, 0.25) is 0 Å². The monoisotopic (exact) mass is 299 g/mol. The summed E-state index contributed by atoms with van der Waals surface area (Å²) in [7, 11) is 0. The van der Waals surface area contributed by atoms with Gasteiger partial charge in [-0.05, 0) is 25.0 Å². The van der Waals surface area contributed by atoms with Crippen LogP contribution < -0.4 is 11.1 Å². The Kier molecular flexibility index (Phi) is 2.75.